The summed E-state index contributed by atoms with van der Waals surface area (Å²) < 4.78 is 0. The van der Waals surface area contributed by atoms with Crippen LogP contribution in [0.2, 0.25) is 0 Å². The maximum atomic E-state index is 12.0. The fourth-order valence-corrected chi connectivity index (χ4v) is 2.82. The largest absolute Gasteiger partial charge is 0.342 e. The Kier molecular flexibility index (Phi) is 8.07. The van der Waals surface area contributed by atoms with Gasteiger partial charge in [-0.25, -0.2) is 0 Å². The zero-order chi connectivity index (χ0) is 14.1. The normalized spacial score (nSPS) is 21.1. The summed E-state index contributed by atoms with van der Waals surface area (Å²) in [5.41, 5.74) is 0. The van der Waals surface area contributed by atoms with Crippen LogP contribution in [0.25, 0.3) is 0 Å². The lowest BCUT2D eigenvalue weighted by atomic mass is 10.1. The van der Waals surface area contributed by atoms with E-state index < -0.39 is 0 Å². The molecule has 1 saturated heterocycles. The van der Waals surface area contributed by atoms with Crippen molar-refractivity contribution in [1.29, 1.82) is 0 Å². The van der Waals surface area contributed by atoms with Gasteiger partial charge in [0.15, 0.2) is 0 Å². The quantitative estimate of drug-likeness (QED) is 0.764. The van der Waals surface area contributed by atoms with E-state index in [1.54, 1.807) is 0 Å². The van der Waals surface area contributed by atoms with E-state index in [2.05, 4.69) is 17.1 Å². The first-order valence-electron chi connectivity index (χ1n) is 7.94. The molecular formula is C15H31N3O. The van der Waals surface area contributed by atoms with Crippen molar-refractivity contribution in [3.63, 3.8) is 0 Å². The average Bonchev–Trinajstić information content (AvgIpc) is 2.64. The average molecular weight is 269 g/mol. The molecule has 0 aliphatic carbocycles. The van der Waals surface area contributed by atoms with Crippen LogP contribution in [0, 0.1) is 0 Å². The Hall–Kier alpha value is -0.610. The van der Waals surface area contributed by atoms with Gasteiger partial charge in [0.05, 0.1) is 6.54 Å². The topological polar surface area (TPSA) is 35.6 Å². The molecule has 1 heterocycles. The van der Waals surface area contributed by atoms with Crippen molar-refractivity contribution in [2.75, 3.05) is 39.3 Å². The number of nitrogens with zero attached hydrogens (tertiary/aromatic N) is 2. The number of likely N-dealkylation sites (N-methyl/N-ethyl adjacent to an activating group) is 1. The molecule has 4 nitrogen and oxygen atoms in total. The van der Waals surface area contributed by atoms with Crippen molar-refractivity contribution < 1.29 is 4.79 Å². The molecule has 1 aliphatic rings. The number of nitrogens with one attached hydrogen (secondary N) is 1. The van der Waals surface area contributed by atoms with Crippen LogP contribution in [-0.4, -0.2) is 61.0 Å². The molecule has 1 aliphatic heterocycles. The molecule has 4 heteroatoms. The number of likely N-dealkylation sites (tertiary alicyclic amines) is 1. The second-order valence-electron chi connectivity index (χ2n) is 5.42. The number of carbonyl (C=O) groups excluding carboxylic acids is 1. The van der Waals surface area contributed by atoms with Crippen molar-refractivity contribution in [2.24, 2.45) is 0 Å². The molecule has 0 aromatic carbocycles. The molecule has 0 bridgehead atoms. The highest BCUT2D eigenvalue weighted by Crippen LogP contribution is 2.11. The number of rotatable bonds is 7. The van der Waals surface area contributed by atoms with Gasteiger partial charge in [-0.2, -0.15) is 0 Å². The van der Waals surface area contributed by atoms with Gasteiger partial charge in [0.25, 0.3) is 0 Å². The highest BCUT2D eigenvalue weighted by Gasteiger charge is 2.17. The maximum absolute atomic E-state index is 12.0. The van der Waals surface area contributed by atoms with Gasteiger partial charge in [0.2, 0.25) is 5.91 Å². The minimum atomic E-state index is 0.236. The monoisotopic (exact) mass is 269 g/mol. The van der Waals surface area contributed by atoms with E-state index >= 15 is 0 Å². The van der Waals surface area contributed by atoms with Crippen molar-refractivity contribution in [3.05, 3.63) is 0 Å². The van der Waals surface area contributed by atoms with Crippen molar-refractivity contribution in [3.8, 4) is 0 Å². The van der Waals surface area contributed by atoms with Crippen LogP contribution in [0.1, 0.15) is 46.5 Å². The van der Waals surface area contributed by atoms with E-state index in [-0.39, 0.29) is 5.91 Å². The zero-order valence-electron chi connectivity index (χ0n) is 13.0. The molecule has 1 rings (SSSR count). The van der Waals surface area contributed by atoms with E-state index in [1.165, 1.54) is 45.3 Å². The summed E-state index contributed by atoms with van der Waals surface area (Å²) in [6.07, 6.45) is 4.85. The predicted octanol–water partition coefficient (Wildman–Crippen LogP) is 1.71. The smallest absolute Gasteiger partial charge is 0.236 e. The van der Waals surface area contributed by atoms with E-state index in [1.807, 2.05) is 18.7 Å². The predicted molar refractivity (Wildman–Crippen MR) is 80.3 cm³/mol. The molecule has 0 aromatic rings. The Labute approximate surface area is 118 Å². The third-order valence-corrected chi connectivity index (χ3v) is 4.02. The van der Waals surface area contributed by atoms with Gasteiger partial charge >= 0.3 is 0 Å². The van der Waals surface area contributed by atoms with Gasteiger partial charge in [-0.1, -0.05) is 6.92 Å². The molecule has 1 N–H and O–H groups in total. The maximum Gasteiger partial charge on any atom is 0.236 e. The Morgan fingerprint density at radius 2 is 1.95 bits per heavy atom. The van der Waals surface area contributed by atoms with Crippen molar-refractivity contribution in [1.82, 2.24) is 15.1 Å². The van der Waals surface area contributed by atoms with E-state index in [0.717, 1.165) is 13.1 Å². The fourth-order valence-electron chi connectivity index (χ4n) is 2.82. The first-order valence-corrected chi connectivity index (χ1v) is 7.94. The second-order valence-corrected chi connectivity index (χ2v) is 5.42. The van der Waals surface area contributed by atoms with Gasteiger partial charge in [0, 0.05) is 19.1 Å². The number of carbonyl (C=O) groups is 1. The minimum absolute atomic E-state index is 0.236. The van der Waals surface area contributed by atoms with Gasteiger partial charge in [-0.15, -0.1) is 0 Å². The van der Waals surface area contributed by atoms with Gasteiger partial charge in [-0.3, -0.25) is 4.79 Å². The lowest BCUT2D eigenvalue weighted by molar-refractivity contribution is -0.130. The second kappa shape index (κ2) is 9.32. The number of hydrogen-bond acceptors (Lipinski definition) is 3. The number of hydrogen-bond donors (Lipinski definition) is 1. The molecular weight excluding hydrogens is 238 g/mol. The first-order chi connectivity index (χ1) is 9.21. The molecule has 1 amide bonds. The lowest BCUT2D eigenvalue weighted by Gasteiger charge is -2.22. The van der Waals surface area contributed by atoms with Crippen LogP contribution in [0.5, 0.6) is 0 Å². The highest BCUT2D eigenvalue weighted by atomic mass is 16.2. The SMILES string of the molecule is CCCN1CCCC(NCC(=O)N(CC)CC)CC1. The standard InChI is InChI=1S/C15H31N3O/c1-4-10-17-11-7-8-14(9-12-17)16-13-15(19)18(5-2)6-3/h14,16H,4-13H2,1-3H3. The molecule has 112 valence electrons. The van der Waals surface area contributed by atoms with Gasteiger partial charge < -0.3 is 15.1 Å². The van der Waals surface area contributed by atoms with Gasteiger partial charge in [-0.05, 0) is 59.2 Å². The third-order valence-electron chi connectivity index (χ3n) is 4.02. The summed E-state index contributed by atoms with van der Waals surface area (Å²) in [6, 6.07) is 0.515. The van der Waals surface area contributed by atoms with Crippen molar-refractivity contribution >= 4 is 5.91 Å². The van der Waals surface area contributed by atoms with Crippen LogP contribution < -0.4 is 5.32 Å². The van der Waals surface area contributed by atoms with E-state index in [4.69, 9.17) is 0 Å². The van der Waals surface area contributed by atoms with E-state index in [9.17, 15) is 4.79 Å². The molecule has 0 aromatic heterocycles. The highest BCUT2D eigenvalue weighted by molar-refractivity contribution is 5.78. The first kappa shape index (κ1) is 16.4. The van der Waals surface area contributed by atoms with Crippen LogP contribution in [0.3, 0.4) is 0 Å². The molecule has 1 fully saturated rings. The third kappa shape index (κ3) is 5.91. The van der Waals surface area contributed by atoms with Crippen LogP contribution in [0.15, 0.2) is 0 Å². The summed E-state index contributed by atoms with van der Waals surface area (Å²) in [5.74, 6) is 0.236. The number of amides is 1. The molecule has 0 radical (unpaired) electrons. The Balaban J connectivity index is 2.28. The van der Waals surface area contributed by atoms with Crippen molar-refractivity contribution in [2.45, 2.75) is 52.5 Å². The molecule has 19 heavy (non-hydrogen) atoms. The molecule has 1 atom stereocenters. The fraction of sp³-hybridized carbons (Fsp3) is 0.933. The summed E-state index contributed by atoms with van der Waals surface area (Å²) in [5, 5.41) is 3.46. The summed E-state index contributed by atoms with van der Waals surface area (Å²) >= 11 is 0. The zero-order valence-corrected chi connectivity index (χ0v) is 13.0. The summed E-state index contributed by atoms with van der Waals surface area (Å²) in [4.78, 5) is 16.4. The summed E-state index contributed by atoms with van der Waals surface area (Å²) in [6.45, 7) is 12.0. The van der Waals surface area contributed by atoms with E-state index in [0.29, 0.717) is 12.6 Å². The molecule has 0 saturated carbocycles. The Morgan fingerprint density at radius 3 is 2.58 bits per heavy atom. The Bertz CT molecular complexity index is 254. The van der Waals surface area contributed by atoms with Gasteiger partial charge in [0.1, 0.15) is 0 Å². The van der Waals surface area contributed by atoms with Crippen LogP contribution in [-0.2, 0) is 4.79 Å². The summed E-state index contributed by atoms with van der Waals surface area (Å²) in [7, 11) is 0. The molecule has 0 spiro atoms. The van der Waals surface area contributed by atoms with Crippen LogP contribution >= 0.6 is 0 Å². The Morgan fingerprint density at radius 1 is 1.21 bits per heavy atom. The molecule has 1 unspecified atom stereocenters. The van der Waals surface area contributed by atoms with Crippen LogP contribution in [0.4, 0.5) is 0 Å². The minimum Gasteiger partial charge on any atom is -0.342 e. The lowest BCUT2D eigenvalue weighted by Crippen LogP contribution is -2.42.